The van der Waals surface area contributed by atoms with Crippen molar-refractivity contribution in [2.75, 3.05) is 11.1 Å². The predicted octanol–water partition coefficient (Wildman–Crippen LogP) is 4.06. The number of nitrogens with one attached hydrogen (secondary N) is 1. The molecule has 2 heterocycles. The van der Waals surface area contributed by atoms with Crippen LogP contribution in [0.5, 0.6) is 0 Å². The first kappa shape index (κ1) is 17.1. The molecule has 0 bridgehead atoms. The van der Waals surface area contributed by atoms with Gasteiger partial charge in [0.1, 0.15) is 0 Å². The van der Waals surface area contributed by atoms with Crippen LogP contribution in [0.15, 0.2) is 53.9 Å². The van der Waals surface area contributed by atoms with E-state index in [1.807, 2.05) is 18.2 Å². The van der Waals surface area contributed by atoms with Gasteiger partial charge >= 0.3 is 0 Å². The Bertz CT molecular complexity index is 926. The summed E-state index contributed by atoms with van der Waals surface area (Å²) in [5.41, 5.74) is 1.67. The molecule has 0 radical (unpaired) electrons. The first-order valence-electron chi connectivity index (χ1n) is 8.24. The quantitative estimate of drug-likeness (QED) is 0.648. The summed E-state index contributed by atoms with van der Waals surface area (Å²) in [5, 5.41) is 12.8. The maximum Gasteiger partial charge on any atom is 0.234 e. The van der Waals surface area contributed by atoms with E-state index < -0.39 is 0 Å². The van der Waals surface area contributed by atoms with Gasteiger partial charge in [-0.2, -0.15) is 0 Å². The molecule has 0 unspecified atom stereocenters. The molecule has 0 spiro atoms. The number of nitrogens with zero attached hydrogens (tertiary/aromatic N) is 4. The zero-order valence-corrected chi connectivity index (χ0v) is 15.4. The SMILES string of the molecule is O=C(CSc1nnc(-c2ccncc2)n1C1CC1)Nc1cccc(Cl)c1. The first-order chi connectivity index (χ1) is 12.7. The fourth-order valence-electron chi connectivity index (χ4n) is 2.63. The van der Waals surface area contributed by atoms with Gasteiger partial charge in [0.05, 0.1) is 5.75 Å². The van der Waals surface area contributed by atoms with Crippen molar-refractivity contribution in [2.24, 2.45) is 0 Å². The minimum Gasteiger partial charge on any atom is -0.325 e. The van der Waals surface area contributed by atoms with Gasteiger partial charge in [0.2, 0.25) is 5.91 Å². The molecule has 4 rings (SSSR count). The van der Waals surface area contributed by atoms with Gasteiger partial charge in [0, 0.05) is 34.7 Å². The molecule has 1 N–H and O–H groups in total. The topological polar surface area (TPSA) is 72.7 Å². The van der Waals surface area contributed by atoms with Gasteiger partial charge in [-0.15, -0.1) is 10.2 Å². The molecule has 0 atom stereocenters. The molecule has 132 valence electrons. The number of amides is 1. The van der Waals surface area contributed by atoms with Crippen LogP contribution in [-0.4, -0.2) is 31.4 Å². The normalized spacial score (nSPS) is 13.6. The Kier molecular flexibility index (Phi) is 4.90. The molecule has 2 aromatic heterocycles. The number of thioether (sulfide) groups is 1. The molecule has 8 heteroatoms. The number of halogens is 1. The van der Waals surface area contributed by atoms with Gasteiger partial charge in [-0.25, -0.2) is 0 Å². The number of hydrogen-bond donors (Lipinski definition) is 1. The van der Waals surface area contributed by atoms with E-state index in [1.165, 1.54) is 11.8 Å². The fourth-order valence-corrected chi connectivity index (χ4v) is 3.62. The zero-order valence-electron chi connectivity index (χ0n) is 13.8. The number of hydrogen-bond acceptors (Lipinski definition) is 5. The monoisotopic (exact) mass is 385 g/mol. The van der Waals surface area contributed by atoms with Gasteiger partial charge in [-0.3, -0.25) is 14.3 Å². The maximum absolute atomic E-state index is 12.2. The number of rotatable bonds is 6. The van der Waals surface area contributed by atoms with Crippen LogP contribution < -0.4 is 5.32 Å². The molecular formula is C18H16ClN5OS. The molecule has 0 saturated heterocycles. The van der Waals surface area contributed by atoms with Crippen LogP contribution in [0.2, 0.25) is 5.02 Å². The highest BCUT2D eigenvalue weighted by molar-refractivity contribution is 7.99. The van der Waals surface area contributed by atoms with Gasteiger partial charge in [0.25, 0.3) is 0 Å². The van der Waals surface area contributed by atoms with Gasteiger partial charge in [-0.05, 0) is 43.2 Å². The molecule has 0 aliphatic heterocycles. The Morgan fingerprint density at radius 2 is 2.04 bits per heavy atom. The average Bonchev–Trinajstić information content (AvgIpc) is 3.40. The lowest BCUT2D eigenvalue weighted by atomic mass is 10.2. The Hall–Kier alpha value is -2.38. The van der Waals surface area contributed by atoms with Crippen LogP contribution in [0.4, 0.5) is 5.69 Å². The third-order valence-electron chi connectivity index (χ3n) is 3.96. The van der Waals surface area contributed by atoms with Crippen molar-refractivity contribution in [2.45, 2.75) is 24.0 Å². The molecule has 1 fully saturated rings. The molecule has 1 saturated carbocycles. The van der Waals surface area contributed by atoms with Crippen LogP contribution in [0, 0.1) is 0 Å². The van der Waals surface area contributed by atoms with Crippen LogP contribution in [0.3, 0.4) is 0 Å². The minimum atomic E-state index is -0.104. The Balaban J connectivity index is 1.47. The molecule has 1 aliphatic rings. The smallest absolute Gasteiger partial charge is 0.234 e. The van der Waals surface area contributed by atoms with Crippen molar-refractivity contribution in [1.29, 1.82) is 0 Å². The lowest BCUT2D eigenvalue weighted by Crippen LogP contribution is -2.14. The van der Waals surface area contributed by atoms with E-state index in [1.54, 1.807) is 30.6 Å². The summed E-state index contributed by atoms with van der Waals surface area (Å²) in [7, 11) is 0. The summed E-state index contributed by atoms with van der Waals surface area (Å²) in [5.74, 6) is 0.981. The van der Waals surface area contributed by atoms with E-state index in [4.69, 9.17) is 11.6 Å². The number of carbonyl (C=O) groups excluding carboxylic acids is 1. The van der Waals surface area contributed by atoms with Crippen molar-refractivity contribution in [1.82, 2.24) is 19.7 Å². The molecule has 1 aromatic carbocycles. The predicted molar refractivity (Wildman–Crippen MR) is 102 cm³/mol. The molecule has 1 amide bonds. The standard InChI is InChI=1S/C18H16ClN5OS/c19-13-2-1-3-14(10-13)21-16(25)11-26-18-23-22-17(24(18)15-4-5-15)12-6-8-20-9-7-12/h1-3,6-10,15H,4-5,11H2,(H,21,25). The largest absolute Gasteiger partial charge is 0.325 e. The summed E-state index contributed by atoms with van der Waals surface area (Å²) in [6.07, 6.45) is 5.70. The van der Waals surface area contributed by atoms with E-state index in [-0.39, 0.29) is 11.7 Å². The molecule has 26 heavy (non-hydrogen) atoms. The summed E-state index contributed by atoms with van der Waals surface area (Å²) in [6.45, 7) is 0. The van der Waals surface area contributed by atoms with Crippen molar-refractivity contribution in [3.05, 3.63) is 53.8 Å². The summed E-state index contributed by atoms with van der Waals surface area (Å²) in [6, 6.07) is 11.3. The van der Waals surface area contributed by atoms with E-state index in [0.29, 0.717) is 16.8 Å². The lowest BCUT2D eigenvalue weighted by molar-refractivity contribution is -0.113. The highest BCUT2D eigenvalue weighted by Crippen LogP contribution is 2.40. The zero-order chi connectivity index (χ0) is 17.9. The van der Waals surface area contributed by atoms with E-state index in [0.717, 1.165) is 29.4 Å². The lowest BCUT2D eigenvalue weighted by Gasteiger charge is -2.09. The third-order valence-corrected chi connectivity index (χ3v) is 5.13. The van der Waals surface area contributed by atoms with E-state index >= 15 is 0 Å². The molecule has 3 aromatic rings. The third kappa shape index (κ3) is 3.89. The average molecular weight is 386 g/mol. The number of benzene rings is 1. The second-order valence-corrected chi connectivity index (χ2v) is 7.37. The number of aromatic nitrogens is 4. The molecular weight excluding hydrogens is 370 g/mol. The first-order valence-corrected chi connectivity index (χ1v) is 9.60. The second kappa shape index (κ2) is 7.47. The Morgan fingerprint density at radius 1 is 1.23 bits per heavy atom. The van der Waals surface area contributed by atoms with Gasteiger partial charge in [-0.1, -0.05) is 29.4 Å². The van der Waals surface area contributed by atoms with Crippen molar-refractivity contribution < 1.29 is 4.79 Å². The van der Waals surface area contributed by atoms with Crippen LogP contribution in [-0.2, 0) is 4.79 Å². The van der Waals surface area contributed by atoms with Crippen molar-refractivity contribution in [3.8, 4) is 11.4 Å². The maximum atomic E-state index is 12.2. The summed E-state index contributed by atoms with van der Waals surface area (Å²) in [4.78, 5) is 16.3. The minimum absolute atomic E-state index is 0.104. The van der Waals surface area contributed by atoms with Crippen molar-refractivity contribution >= 4 is 35.0 Å². The van der Waals surface area contributed by atoms with Crippen molar-refractivity contribution in [3.63, 3.8) is 0 Å². The van der Waals surface area contributed by atoms with Crippen LogP contribution in [0.1, 0.15) is 18.9 Å². The number of anilines is 1. The number of carbonyl (C=O) groups is 1. The Morgan fingerprint density at radius 3 is 2.77 bits per heavy atom. The van der Waals surface area contributed by atoms with Crippen LogP contribution in [0.25, 0.3) is 11.4 Å². The highest BCUT2D eigenvalue weighted by atomic mass is 35.5. The van der Waals surface area contributed by atoms with E-state index in [2.05, 4.69) is 25.1 Å². The molecule has 6 nitrogen and oxygen atoms in total. The summed E-state index contributed by atoms with van der Waals surface area (Å²) < 4.78 is 2.13. The number of pyridine rings is 1. The van der Waals surface area contributed by atoms with Crippen LogP contribution >= 0.6 is 23.4 Å². The highest BCUT2D eigenvalue weighted by Gasteiger charge is 2.30. The second-order valence-electron chi connectivity index (χ2n) is 5.99. The van der Waals surface area contributed by atoms with Gasteiger partial charge < -0.3 is 5.32 Å². The summed E-state index contributed by atoms with van der Waals surface area (Å²) >= 11 is 7.33. The van der Waals surface area contributed by atoms with Gasteiger partial charge in [0.15, 0.2) is 11.0 Å². The molecule has 1 aliphatic carbocycles. The van der Waals surface area contributed by atoms with E-state index in [9.17, 15) is 4.79 Å². The fraction of sp³-hybridized carbons (Fsp3) is 0.222. The Labute approximate surface area is 160 Å².